The minimum Gasteiger partial charge on any atom is -0.279 e. The Labute approximate surface area is 72.4 Å². The molecule has 0 saturated heterocycles. The highest BCUT2D eigenvalue weighted by Gasteiger charge is 2.07. The van der Waals surface area contributed by atoms with Gasteiger partial charge in [0.25, 0.3) is 0 Å². The van der Waals surface area contributed by atoms with Crippen LogP contribution in [0.2, 0.25) is 0 Å². The molecule has 1 nitrogen and oxygen atoms in total. The van der Waals surface area contributed by atoms with Gasteiger partial charge in [0.05, 0.1) is 0 Å². The summed E-state index contributed by atoms with van der Waals surface area (Å²) in [5, 5.41) is 0. The molecule has 12 heavy (non-hydrogen) atoms. The largest absolute Gasteiger partial charge is 0.279 e. The molecule has 0 aliphatic carbocycles. The molecule has 0 saturated carbocycles. The van der Waals surface area contributed by atoms with Crippen LogP contribution in [0.25, 0.3) is 0 Å². The Morgan fingerprint density at radius 1 is 1.33 bits per heavy atom. The third-order valence-electron chi connectivity index (χ3n) is 1.84. The van der Waals surface area contributed by atoms with Crippen LogP contribution in [-0.4, -0.2) is 5.78 Å². The van der Waals surface area contributed by atoms with Crippen LogP contribution in [0.1, 0.15) is 21.5 Å². The fraction of sp³-hybridized carbons (Fsp3) is 0.182. The SMILES string of the molecule is C#CC(=O)c1c(C)cccc1C. The van der Waals surface area contributed by atoms with Gasteiger partial charge in [0, 0.05) is 5.56 Å². The average molecular weight is 158 g/mol. The molecule has 0 amide bonds. The molecule has 1 heteroatoms. The molecule has 0 bridgehead atoms. The molecule has 0 N–H and O–H groups in total. The van der Waals surface area contributed by atoms with Crippen molar-refractivity contribution in [3.05, 3.63) is 34.9 Å². The van der Waals surface area contributed by atoms with Crippen molar-refractivity contribution < 1.29 is 4.79 Å². The van der Waals surface area contributed by atoms with Crippen molar-refractivity contribution >= 4 is 5.78 Å². The number of carbonyl (C=O) groups is 1. The molecule has 1 rings (SSSR count). The Kier molecular flexibility index (Phi) is 2.30. The minimum absolute atomic E-state index is 0.231. The lowest BCUT2D eigenvalue weighted by molar-refractivity contribution is 0.105. The zero-order chi connectivity index (χ0) is 9.14. The first-order chi connectivity index (χ1) is 5.66. The van der Waals surface area contributed by atoms with Gasteiger partial charge in [-0.15, -0.1) is 6.42 Å². The molecule has 0 spiro atoms. The van der Waals surface area contributed by atoms with Crippen LogP contribution in [0, 0.1) is 26.2 Å². The first-order valence-corrected chi connectivity index (χ1v) is 3.74. The summed E-state index contributed by atoms with van der Waals surface area (Å²) in [7, 11) is 0. The number of aryl methyl sites for hydroxylation is 2. The van der Waals surface area contributed by atoms with Crippen LogP contribution in [0.5, 0.6) is 0 Å². The summed E-state index contributed by atoms with van der Waals surface area (Å²) >= 11 is 0. The van der Waals surface area contributed by atoms with Gasteiger partial charge in [0.1, 0.15) is 0 Å². The predicted molar refractivity (Wildman–Crippen MR) is 49.1 cm³/mol. The van der Waals surface area contributed by atoms with Gasteiger partial charge < -0.3 is 0 Å². The molecule has 0 fully saturated rings. The second-order valence-corrected chi connectivity index (χ2v) is 2.74. The molecule has 0 unspecified atom stereocenters. The summed E-state index contributed by atoms with van der Waals surface area (Å²) in [6.45, 7) is 3.77. The molecule has 0 aromatic heterocycles. The normalized spacial score (nSPS) is 9.08. The standard InChI is InChI=1S/C11H10O/c1-4-10(12)11-8(2)6-5-7-9(11)3/h1,5-7H,2-3H3. The van der Waals surface area contributed by atoms with Crippen molar-refractivity contribution in [2.45, 2.75) is 13.8 Å². The number of ketones is 1. The van der Waals surface area contributed by atoms with Crippen molar-refractivity contribution in [1.29, 1.82) is 0 Å². The summed E-state index contributed by atoms with van der Waals surface area (Å²) in [5.74, 6) is 1.89. The van der Waals surface area contributed by atoms with E-state index in [1.54, 1.807) is 0 Å². The molecule has 0 aliphatic heterocycles. The lowest BCUT2D eigenvalue weighted by atomic mass is 10.00. The Hall–Kier alpha value is -1.55. The highest BCUT2D eigenvalue weighted by molar-refractivity contribution is 6.10. The second kappa shape index (κ2) is 3.23. The van der Waals surface area contributed by atoms with E-state index < -0.39 is 0 Å². The van der Waals surface area contributed by atoms with Crippen LogP contribution in [0.3, 0.4) is 0 Å². The quantitative estimate of drug-likeness (QED) is 0.347. The fourth-order valence-corrected chi connectivity index (χ4v) is 1.24. The highest BCUT2D eigenvalue weighted by Crippen LogP contribution is 2.13. The van der Waals surface area contributed by atoms with Gasteiger partial charge in [0.2, 0.25) is 5.78 Å². The third-order valence-corrected chi connectivity index (χ3v) is 1.84. The molecular weight excluding hydrogens is 148 g/mol. The van der Waals surface area contributed by atoms with Gasteiger partial charge in [0.15, 0.2) is 0 Å². The number of benzene rings is 1. The molecular formula is C11H10O. The number of terminal acetylenes is 1. The molecule has 0 atom stereocenters. The summed E-state index contributed by atoms with van der Waals surface area (Å²) < 4.78 is 0. The molecule has 0 radical (unpaired) electrons. The van der Waals surface area contributed by atoms with Gasteiger partial charge in [-0.05, 0) is 30.9 Å². The lowest BCUT2D eigenvalue weighted by Gasteiger charge is -2.03. The van der Waals surface area contributed by atoms with Crippen molar-refractivity contribution in [1.82, 2.24) is 0 Å². The molecule has 1 aromatic rings. The fourth-order valence-electron chi connectivity index (χ4n) is 1.24. The van der Waals surface area contributed by atoms with Gasteiger partial charge in [-0.25, -0.2) is 0 Å². The zero-order valence-corrected chi connectivity index (χ0v) is 7.22. The van der Waals surface area contributed by atoms with E-state index in [1.165, 1.54) is 0 Å². The van der Waals surface area contributed by atoms with Crippen molar-refractivity contribution in [2.75, 3.05) is 0 Å². The summed E-state index contributed by atoms with van der Waals surface area (Å²) in [5.41, 5.74) is 2.55. The van der Waals surface area contributed by atoms with Crippen LogP contribution in [0.4, 0.5) is 0 Å². The van der Waals surface area contributed by atoms with Crippen molar-refractivity contribution in [3.63, 3.8) is 0 Å². The molecule has 1 aromatic carbocycles. The maximum absolute atomic E-state index is 11.2. The number of rotatable bonds is 1. The lowest BCUT2D eigenvalue weighted by Crippen LogP contribution is -2.00. The molecule has 60 valence electrons. The van der Waals surface area contributed by atoms with E-state index in [0.29, 0.717) is 5.56 Å². The van der Waals surface area contributed by atoms with Gasteiger partial charge >= 0.3 is 0 Å². The van der Waals surface area contributed by atoms with Gasteiger partial charge in [-0.3, -0.25) is 4.79 Å². The summed E-state index contributed by atoms with van der Waals surface area (Å²) in [6, 6.07) is 5.69. The Bertz CT molecular complexity index is 336. The smallest absolute Gasteiger partial charge is 0.236 e. The molecule has 0 aliphatic rings. The topological polar surface area (TPSA) is 17.1 Å². The van der Waals surface area contributed by atoms with E-state index in [1.807, 2.05) is 32.0 Å². The zero-order valence-electron chi connectivity index (χ0n) is 7.22. The summed E-state index contributed by atoms with van der Waals surface area (Å²) in [4.78, 5) is 11.2. The van der Waals surface area contributed by atoms with E-state index in [4.69, 9.17) is 6.42 Å². The Balaban J connectivity index is 3.33. The van der Waals surface area contributed by atoms with Crippen LogP contribution >= 0.6 is 0 Å². The van der Waals surface area contributed by atoms with E-state index in [0.717, 1.165) is 11.1 Å². The Morgan fingerprint density at radius 2 is 1.83 bits per heavy atom. The number of carbonyl (C=O) groups excluding carboxylic acids is 1. The second-order valence-electron chi connectivity index (χ2n) is 2.74. The first-order valence-electron chi connectivity index (χ1n) is 3.74. The number of hydrogen-bond acceptors (Lipinski definition) is 1. The van der Waals surface area contributed by atoms with E-state index >= 15 is 0 Å². The maximum Gasteiger partial charge on any atom is 0.236 e. The summed E-state index contributed by atoms with van der Waals surface area (Å²) in [6.07, 6.45) is 5.04. The van der Waals surface area contributed by atoms with E-state index in [-0.39, 0.29) is 5.78 Å². The predicted octanol–water partition coefficient (Wildman–Crippen LogP) is 2.12. The Morgan fingerprint density at radius 3 is 2.25 bits per heavy atom. The van der Waals surface area contributed by atoms with Gasteiger partial charge in [-0.1, -0.05) is 18.2 Å². The maximum atomic E-state index is 11.2. The number of hydrogen-bond donors (Lipinski definition) is 0. The number of Topliss-reactive ketones (excluding diaryl/α,β-unsaturated/α-hetero) is 1. The first kappa shape index (κ1) is 8.55. The van der Waals surface area contributed by atoms with E-state index in [9.17, 15) is 4.79 Å². The van der Waals surface area contributed by atoms with Crippen LogP contribution in [-0.2, 0) is 0 Å². The van der Waals surface area contributed by atoms with Crippen molar-refractivity contribution in [2.24, 2.45) is 0 Å². The van der Waals surface area contributed by atoms with Crippen molar-refractivity contribution in [3.8, 4) is 12.3 Å². The van der Waals surface area contributed by atoms with Gasteiger partial charge in [-0.2, -0.15) is 0 Å². The van der Waals surface area contributed by atoms with Crippen LogP contribution < -0.4 is 0 Å². The minimum atomic E-state index is -0.231. The molecule has 0 heterocycles. The third kappa shape index (κ3) is 1.38. The monoisotopic (exact) mass is 158 g/mol. The highest BCUT2D eigenvalue weighted by atomic mass is 16.1. The average Bonchev–Trinajstić information content (AvgIpc) is 2.03. The van der Waals surface area contributed by atoms with Crippen LogP contribution in [0.15, 0.2) is 18.2 Å². The van der Waals surface area contributed by atoms with E-state index in [2.05, 4.69) is 5.92 Å².